The summed E-state index contributed by atoms with van der Waals surface area (Å²) in [6.45, 7) is 1.70. The molecule has 26 heavy (non-hydrogen) atoms. The minimum atomic E-state index is -0.740. The molecule has 1 fully saturated rings. The summed E-state index contributed by atoms with van der Waals surface area (Å²) in [5.74, 6) is -2.10. The highest BCUT2D eigenvalue weighted by molar-refractivity contribution is 6.20. The van der Waals surface area contributed by atoms with Crippen LogP contribution >= 0.6 is 0 Å². The van der Waals surface area contributed by atoms with Gasteiger partial charge in [-0.05, 0) is 31.9 Å². The molecule has 1 saturated carbocycles. The van der Waals surface area contributed by atoms with Crippen molar-refractivity contribution in [2.75, 3.05) is 0 Å². The number of imide groups is 1. The van der Waals surface area contributed by atoms with Gasteiger partial charge in [-0.15, -0.1) is 0 Å². The van der Waals surface area contributed by atoms with Crippen LogP contribution in [0.15, 0.2) is 24.3 Å². The standard InChI is InChI=1S/C19H22N2O5/c1-12(20-17(23)13-7-3-2-4-8-13)11-16(22)26-21-18(24)14-9-5-6-10-15(14)19(21)25/h5-6,9-10,12-13H,2-4,7-8,11H2,1H3,(H,20,23). The van der Waals surface area contributed by atoms with Crippen molar-refractivity contribution in [1.29, 1.82) is 0 Å². The van der Waals surface area contributed by atoms with Gasteiger partial charge in [0.1, 0.15) is 0 Å². The van der Waals surface area contributed by atoms with E-state index >= 15 is 0 Å². The van der Waals surface area contributed by atoms with Crippen LogP contribution in [0, 0.1) is 5.92 Å². The van der Waals surface area contributed by atoms with Gasteiger partial charge in [0.25, 0.3) is 11.8 Å². The maximum absolute atomic E-state index is 12.2. The fraction of sp³-hybridized carbons (Fsp3) is 0.474. The molecule has 0 radical (unpaired) electrons. The predicted molar refractivity (Wildman–Crippen MR) is 91.8 cm³/mol. The van der Waals surface area contributed by atoms with Crippen molar-refractivity contribution in [2.24, 2.45) is 5.92 Å². The van der Waals surface area contributed by atoms with Crippen LogP contribution < -0.4 is 5.32 Å². The minimum absolute atomic E-state index is 0.00143. The van der Waals surface area contributed by atoms with Crippen LogP contribution in [0.1, 0.15) is 66.2 Å². The molecule has 0 bridgehead atoms. The zero-order valence-corrected chi connectivity index (χ0v) is 14.7. The largest absolute Gasteiger partial charge is 0.353 e. The maximum atomic E-state index is 12.2. The Kier molecular flexibility index (Phi) is 5.35. The number of fused-ring (bicyclic) bond motifs is 1. The Morgan fingerprint density at radius 2 is 1.69 bits per heavy atom. The number of hydroxylamine groups is 2. The van der Waals surface area contributed by atoms with Gasteiger partial charge in [-0.2, -0.15) is 0 Å². The van der Waals surface area contributed by atoms with E-state index in [2.05, 4.69) is 5.32 Å². The molecule has 2 aliphatic rings. The van der Waals surface area contributed by atoms with E-state index in [1.807, 2.05) is 0 Å². The van der Waals surface area contributed by atoms with Gasteiger partial charge in [0.05, 0.1) is 17.5 Å². The van der Waals surface area contributed by atoms with E-state index in [0.717, 1.165) is 32.1 Å². The third-order valence-corrected chi connectivity index (χ3v) is 4.79. The van der Waals surface area contributed by atoms with Gasteiger partial charge in [0.2, 0.25) is 5.91 Å². The van der Waals surface area contributed by atoms with Crippen LogP contribution in [0.4, 0.5) is 0 Å². The zero-order valence-electron chi connectivity index (χ0n) is 14.7. The topological polar surface area (TPSA) is 92.8 Å². The first-order valence-electron chi connectivity index (χ1n) is 8.96. The molecule has 1 atom stereocenters. The number of hydrogen-bond donors (Lipinski definition) is 1. The fourth-order valence-electron chi connectivity index (χ4n) is 3.42. The van der Waals surface area contributed by atoms with E-state index in [0.29, 0.717) is 5.06 Å². The van der Waals surface area contributed by atoms with Gasteiger partial charge in [0.15, 0.2) is 0 Å². The van der Waals surface area contributed by atoms with Crippen molar-refractivity contribution in [1.82, 2.24) is 10.4 Å². The highest BCUT2D eigenvalue weighted by atomic mass is 16.7. The van der Waals surface area contributed by atoms with E-state index in [1.165, 1.54) is 12.1 Å². The lowest BCUT2D eigenvalue weighted by atomic mass is 9.88. The lowest BCUT2D eigenvalue weighted by molar-refractivity contribution is -0.169. The summed E-state index contributed by atoms with van der Waals surface area (Å²) in [6, 6.07) is 5.86. The number of amides is 3. The van der Waals surface area contributed by atoms with Crippen LogP contribution in [-0.2, 0) is 14.4 Å². The average molecular weight is 358 g/mol. The van der Waals surface area contributed by atoms with Gasteiger partial charge in [-0.25, -0.2) is 4.79 Å². The second-order valence-corrected chi connectivity index (χ2v) is 6.86. The molecule has 1 aromatic carbocycles. The molecule has 1 aromatic rings. The van der Waals surface area contributed by atoms with Crippen LogP contribution in [0.25, 0.3) is 0 Å². The van der Waals surface area contributed by atoms with Gasteiger partial charge in [0, 0.05) is 12.0 Å². The van der Waals surface area contributed by atoms with E-state index in [4.69, 9.17) is 4.84 Å². The summed E-state index contributed by atoms with van der Waals surface area (Å²) in [5.41, 5.74) is 0.424. The van der Waals surface area contributed by atoms with Crippen molar-refractivity contribution in [3.63, 3.8) is 0 Å². The van der Waals surface area contributed by atoms with Gasteiger partial charge in [-0.1, -0.05) is 36.5 Å². The zero-order chi connectivity index (χ0) is 18.7. The highest BCUT2D eigenvalue weighted by Gasteiger charge is 2.38. The van der Waals surface area contributed by atoms with E-state index in [-0.39, 0.29) is 29.4 Å². The summed E-state index contributed by atoms with van der Waals surface area (Å²) < 4.78 is 0. The molecule has 0 aromatic heterocycles. The van der Waals surface area contributed by atoms with Crippen LogP contribution in [0.2, 0.25) is 0 Å². The first-order chi connectivity index (χ1) is 12.5. The number of hydrogen-bond acceptors (Lipinski definition) is 5. The Morgan fingerprint density at radius 3 is 2.27 bits per heavy atom. The van der Waals surface area contributed by atoms with Crippen molar-refractivity contribution in [3.05, 3.63) is 35.4 Å². The Bertz CT molecular complexity index is 704. The number of carbonyl (C=O) groups excluding carboxylic acids is 4. The summed E-state index contributed by atoms with van der Waals surface area (Å²) in [6.07, 6.45) is 4.89. The summed E-state index contributed by atoms with van der Waals surface area (Å²) >= 11 is 0. The fourth-order valence-corrected chi connectivity index (χ4v) is 3.42. The molecule has 3 amide bonds. The molecule has 7 nitrogen and oxygen atoms in total. The Labute approximate surface area is 151 Å². The summed E-state index contributed by atoms with van der Waals surface area (Å²) in [5, 5.41) is 3.31. The summed E-state index contributed by atoms with van der Waals surface area (Å²) in [7, 11) is 0. The second kappa shape index (κ2) is 7.68. The number of carbonyl (C=O) groups is 4. The third-order valence-electron chi connectivity index (χ3n) is 4.79. The van der Waals surface area contributed by atoms with Crippen LogP contribution in [0.5, 0.6) is 0 Å². The molecule has 1 N–H and O–H groups in total. The Morgan fingerprint density at radius 1 is 1.12 bits per heavy atom. The van der Waals surface area contributed by atoms with E-state index < -0.39 is 23.8 Å². The molecule has 1 aliphatic carbocycles. The normalized spacial score (nSPS) is 18.4. The van der Waals surface area contributed by atoms with Gasteiger partial charge < -0.3 is 10.2 Å². The Balaban J connectivity index is 1.52. The molecule has 0 spiro atoms. The van der Waals surface area contributed by atoms with Crippen LogP contribution in [-0.4, -0.2) is 34.8 Å². The molecule has 1 heterocycles. The van der Waals surface area contributed by atoms with Gasteiger partial charge >= 0.3 is 5.97 Å². The van der Waals surface area contributed by atoms with Crippen molar-refractivity contribution >= 4 is 23.7 Å². The lowest BCUT2D eigenvalue weighted by Gasteiger charge is -2.23. The molecule has 3 rings (SSSR count). The van der Waals surface area contributed by atoms with Crippen molar-refractivity contribution in [2.45, 2.75) is 51.5 Å². The second-order valence-electron chi connectivity index (χ2n) is 6.86. The number of nitrogens with one attached hydrogen (secondary N) is 1. The molecule has 1 unspecified atom stereocenters. The van der Waals surface area contributed by atoms with Crippen molar-refractivity contribution in [3.8, 4) is 0 Å². The molecule has 138 valence electrons. The molecular formula is C19H22N2O5. The van der Waals surface area contributed by atoms with Crippen molar-refractivity contribution < 1.29 is 24.0 Å². The molecule has 0 saturated heterocycles. The van der Waals surface area contributed by atoms with Gasteiger partial charge in [-0.3, -0.25) is 14.4 Å². The summed E-state index contributed by atoms with van der Waals surface area (Å²) in [4.78, 5) is 53.6. The first-order valence-corrected chi connectivity index (χ1v) is 8.96. The molecular weight excluding hydrogens is 336 g/mol. The highest BCUT2D eigenvalue weighted by Crippen LogP contribution is 2.24. The van der Waals surface area contributed by atoms with E-state index in [9.17, 15) is 19.2 Å². The Hall–Kier alpha value is -2.70. The molecule has 1 aliphatic heterocycles. The third kappa shape index (κ3) is 3.76. The number of benzene rings is 1. The average Bonchev–Trinajstić information content (AvgIpc) is 2.87. The van der Waals surface area contributed by atoms with Crippen LogP contribution in [0.3, 0.4) is 0 Å². The number of rotatable bonds is 5. The smallest absolute Gasteiger partial charge is 0.335 e. The monoisotopic (exact) mass is 358 g/mol. The lowest BCUT2D eigenvalue weighted by Crippen LogP contribution is -2.40. The maximum Gasteiger partial charge on any atom is 0.335 e. The minimum Gasteiger partial charge on any atom is -0.353 e. The van der Waals surface area contributed by atoms with E-state index in [1.54, 1.807) is 19.1 Å². The first kappa shape index (κ1) is 18.1. The SMILES string of the molecule is CC(CC(=O)ON1C(=O)c2ccccc2C1=O)NC(=O)C1CCCCC1. The molecule has 7 heteroatoms. The predicted octanol–water partition coefficient (Wildman–Crippen LogP) is 2.22. The quantitative estimate of drug-likeness (QED) is 0.815. The number of nitrogens with zero attached hydrogens (tertiary/aromatic N) is 1.